The highest BCUT2D eigenvalue weighted by atomic mass is 16.2. The molecule has 2 bridgehead atoms. The third-order valence-electron chi connectivity index (χ3n) is 4.82. The van der Waals surface area contributed by atoms with Gasteiger partial charge in [0.05, 0.1) is 5.92 Å². The first-order chi connectivity index (χ1) is 9.22. The first-order valence-corrected chi connectivity index (χ1v) is 7.19. The highest BCUT2D eigenvalue weighted by Gasteiger charge is 2.50. The summed E-state index contributed by atoms with van der Waals surface area (Å²) < 4.78 is 0. The lowest BCUT2D eigenvalue weighted by Gasteiger charge is -2.32. The minimum atomic E-state index is 0.0202. The average molecular weight is 259 g/mol. The molecule has 0 saturated heterocycles. The lowest BCUT2D eigenvalue weighted by molar-refractivity contribution is -0.124. The number of fused-ring (bicyclic) bond motifs is 2. The predicted octanol–water partition coefficient (Wildman–Crippen LogP) is 1.81. The Kier molecular flexibility index (Phi) is 3.27. The summed E-state index contributed by atoms with van der Waals surface area (Å²) >= 11 is 0. The fourth-order valence-electron chi connectivity index (χ4n) is 3.87. The van der Waals surface area contributed by atoms with E-state index in [0.717, 1.165) is 12.1 Å². The van der Waals surface area contributed by atoms with Crippen LogP contribution in [-0.2, 0) is 4.79 Å². The Labute approximate surface area is 114 Å². The van der Waals surface area contributed by atoms with Crippen LogP contribution in [0.1, 0.15) is 26.2 Å². The van der Waals surface area contributed by atoms with Gasteiger partial charge in [0.25, 0.3) is 0 Å². The zero-order valence-corrected chi connectivity index (χ0v) is 11.3. The van der Waals surface area contributed by atoms with Gasteiger partial charge >= 0.3 is 0 Å². The van der Waals surface area contributed by atoms with Crippen LogP contribution in [0, 0.1) is 17.8 Å². The van der Waals surface area contributed by atoms with E-state index in [-0.39, 0.29) is 17.9 Å². The molecule has 2 aliphatic rings. The van der Waals surface area contributed by atoms with E-state index in [9.17, 15) is 4.79 Å². The molecule has 102 valence electrons. The maximum Gasteiger partial charge on any atom is 0.231 e. The topological polar surface area (TPSA) is 59.2 Å². The third-order valence-corrected chi connectivity index (χ3v) is 4.82. The van der Waals surface area contributed by atoms with E-state index >= 15 is 0 Å². The van der Waals surface area contributed by atoms with E-state index in [1.807, 2.05) is 24.0 Å². The number of nitrogens with two attached hydrogens (primary N) is 1. The molecular formula is C15H21N3O. The van der Waals surface area contributed by atoms with Gasteiger partial charge in [-0.3, -0.25) is 9.78 Å². The minimum absolute atomic E-state index is 0.0202. The van der Waals surface area contributed by atoms with Crippen LogP contribution >= 0.6 is 0 Å². The van der Waals surface area contributed by atoms with Gasteiger partial charge in [0.1, 0.15) is 0 Å². The van der Waals surface area contributed by atoms with Gasteiger partial charge in [-0.1, -0.05) is 0 Å². The zero-order valence-electron chi connectivity index (χ0n) is 11.3. The molecule has 4 heteroatoms. The van der Waals surface area contributed by atoms with Crippen molar-refractivity contribution in [1.82, 2.24) is 4.98 Å². The van der Waals surface area contributed by atoms with Crippen LogP contribution in [-0.4, -0.2) is 23.5 Å². The molecule has 0 aliphatic heterocycles. The van der Waals surface area contributed by atoms with Crippen LogP contribution in [0.3, 0.4) is 0 Å². The van der Waals surface area contributed by atoms with Crippen molar-refractivity contribution in [3.8, 4) is 0 Å². The molecule has 1 amide bonds. The second-order valence-corrected chi connectivity index (χ2v) is 5.72. The Bertz CT molecular complexity index is 460. The highest BCUT2D eigenvalue weighted by Crippen LogP contribution is 2.48. The Morgan fingerprint density at radius 1 is 1.37 bits per heavy atom. The summed E-state index contributed by atoms with van der Waals surface area (Å²) in [5.74, 6) is 1.29. The van der Waals surface area contributed by atoms with Gasteiger partial charge < -0.3 is 10.6 Å². The number of amides is 1. The number of pyridine rings is 1. The summed E-state index contributed by atoms with van der Waals surface area (Å²) in [6.07, 6.45) is 6.98. The van der Waals surface area contributed by atoms with E-state index in [2.05, 4.69) is 4.98 Å². The van der Waals surface area contributed by atoms with Gasteiger partial charge in [0.15, 0.2) is 0 Å². The number of rotatable bonds is 3. The third kappa shape index (κ3) is 2.04. The molecule has 2 aliphatic carbocycles. The number of hydrogen-bond acceptors (Lipinski definition) is 3. The van der Waals surface area contributed by atoms with Crippen molar-refractivity contribution >= 4 is 11.6 Å². The van der Waals surface area contributed by atoms with Crippen molar-refractivity contribution in [3.05, 3.63) is 24.5 Å². The van der Waals surface area contributed by atoms with E-state index in [0.29, 0.717) is 18.4 Å². The molecule has 3 rings (SSSR count). The van der Waals surface area contributed by atoms with Crippen LogP contribution < -0.4 is 10.6 Å². The quantitative estimate of drug-likeness (QED) is 0.900. The van der Waals surface area contributed by atoms with Crippen LogP contribution in [0.25, 0.3) is 0 Å². The number of carbonyl (C=O) groups is 1. The normalized spacial score (nSPS) is 32.5. The number of carbonyl (C=O) groups excluding carboxylic acids is 1. The second kappa shape index (κ2) is 4.93. The van der Waals surface area contributed by atoms with Gasteiger partial charge in [0, 0.05) is 30.7 Å². The maximum absolute atomic E-state index is 12.8. The highest BCUT2D eigenvalue weighted by molar-refractivity contribution is 5.95. The van der Waals surface area contributed by atoms with Gasteiger partial charge in [-0.25, -0.2) is 0 Å². The molecule has 0 spiro atoms. The van der Waals surface area contributed by atoms with E-state index in [1.165, 1.54) is 12.8 Å². The lowest BCUT2D eigenvalue weighted by Crippen LogP contribution is -2.47. The molecule has 2 saturated carbocycles. The molecule has 4 atom stereocenters. The molecule has 0 radical (unpaired) electrons. The summed E-state index contributed by atoms with van der Waals surface area (Å²) in [5, 5.41) is 0. The molecule has 0 aromatic carbocycles. The average Bonchev–Trinajstić information content (AvgIpc) is 3.01. The standard InChI is InChI=1S/C15H21N3O/c1-2-18(12-5-7-17-8-6-12)15(19)13-10-3-4-11(9-10)14(13)16/h5-8,10-11,13-14H,2-4,9,16H2,1H3. The largest absolute Gasteiger partial charge is 0.327 e. The molecular weight excluding hydrogens is 238 g/mol. The van der Waals surface area contributed by atoms with Crippen LogP contribution in [0.15, 0.2) is 24.5 Å². The number of anilines is 1. The number of hydrogen-bond donors (Lipinski definition) is 1. The van der Waals surface area contributed by atoms with E-state index < -0.39 is 0 Å². The van der Waals surface area contributed by atoms with Crippen LogP contribution in [0.2, 0.25) is 0 Å². The molecule has 1 aromatic heterocycles. The summed E-state index contributed by atoms with van der Waals surface area (Å²) in [7, 11) is 0. The Morgan fingerprint density at radius 3 is 2.63 bits per heavy atom. The van der Waals surface area contributed by atoms with Crippen molar-refractivity contribution in [1.29, 1.82) is 0 Å². The lowest BCUT2D eigenvalue weighted by atomic mass is 9.84. The van der Waals surface area contributed by atoms with Gasteiger partial charge in [-0.15, -0.1) is 0 Å². The minimum Gasteiger partial charge on any atom is -0.327 e. The van der Waals surface area contributed by atoms with E-state index in [4.69, 9.17) is 5.73 Å². The number of nitrogens with zero attached hydrogens (tertiary/aromatic N) is 2. The molecule has 2 fully saturated rings. The van der Waals surface area contributed by atoms with Crippen molar-refractivity contribution in [2.24, 2.45) is 23.5 Å². The predicted molar refractivity (Wildman–Crippen MR) is 74.6 cm³/mol. The fraction of sp³-hybridized carbons (Fsp3) is 0.600. The van der Waals surface area contributed by atoms with Crippen LogP contribution in [0.4, 0.5) is 5.69 Å². The summed E-state index contributed by atoms with van der Waals surface area (Å²) in [4.78, 5) is 18.7. The van der Waals surface area contributed by atoms with Gasteiger partial charge in [-0.05, 0) is 50.2 Å². The SMILES string of the molecule is CCN(C(=O)C1C2CCC(C2)C1N)c1ccncc1. The maximum atomic E-state index is 12.8. The first-order valence-electron chi connectivity index (χ1n) is 7.19. The summed E-state index contributed by atoms with van der Waals surface area (Å²) in [5.41, 5.74) is 7.20. The molecule has 19 heavy (non-hydrogen) atoms. The van der Waals surface area contributed by atoms with Crippen molar-refractivity contribution in [2.75, 3.05) is 11.4 Å². The van der Waals surface area contributed by atoms with Crippen molar-refractivity contribution < 1.29 is 4.79 Å². The zero-order chi connectivity index (χ0) is 13.4. The molecule has 2 N–H and O–H groups in total. The first kappa shape index (κ1) is 12.6. The number of aromatic nitrogens is 1. The summed E-state index contributed by atoms with van der Waals surface area (Å²) in [6.45, 7) is 2.69. The monoisotopic (exact) mass is 259 g/mol. The molecule has 4 unspecified atom stereocenters. The molecule has 1 heterocycles. The summed E-state index contributed by atoms with van der Waals surface area (Å²) in [6, 6.07) is 3.84. The second-order valence-electron chi connectivity index (χ2n) is 5.72. The van der Waals surface area contributed by atoms with Crippen molar-refractivity contribution in [3.63, 3.8) is 0 Å². The van der Waals surface area contributed by atoms with Gasteiger partial charge in [0.2, 0.25) is 5.91 Å². The Balaban J connectivity index is 1.83. The Hall–Kier alpha value is -1.42. The fourth-order valence-corrected chi connectivity index (χ4v) is 3.87. The van der Waals surface area contributed by atoms with E-state index in [1.54, 1.807) is 12.4 Å². The van der Waals surface area contributed by atoms with Gasteiger partial charge in [-0.2, -0.15) is 0 Å². The molecule has 1 aromatic rings. The smallest absolute Gasteiger partial charge is 0.231 e. The van der Waals surface area contributed by atoms with Crippen molar-refractivity contribution in [2.45, 2.75) is 32.2 Å². The molecule has 4 nitrogen and oxygen atoms in total. The Morgan fingerprint density at radius 2 is 2.05 bits per heavy atom. The van der Waals surface area contributed by atoms with Crippen LogP contribution in [0.5, 0.6) is 0 Å².